The molecule has 2 atom stereocenters. The molecule has 1 rings (SSSR count). The van der Waals surface area contributed by atoms with Crippen molar-refractivity contribution in [3.63, 3.8) is 0 Å². The summed E-state index contributed by atoms with van der Waals surface area (Å²) in [5.74, 6) is 0.833. The Morgan fingerprint density at radius 1 is 1.30 bits per heavy atom. The van der Waals surface area contributed by atoms with Crippen molar-refractivity contribution >= 4 is 0 Å². The summed E-state index contributed by atoms with van der Waals surface area (Å²) in [6.07, 6.45) is 0. The molecule has 0 aromatic rings. The molecule has 0 radical (unpaired) electrons. The maximum atomic E-state index is 2.40. The molecule has 2 nitrogen and oxygen atoms in total. The summed E-state index contributed by atoms with van der Waals surface area (Å²) in [5.41, 5.74) is 0. The van der Waals surface area contributed by atoms with Crippen LogP contribution in [0.3, 0.4) is 0 Å². The van der Waals surface area contributed by atoms with Gasteiger partial charge in [0.15, 0.2) is 0 Å². The van der Waals surface area contributed by atoms with Gasteiger partial charge < -0.3 is 9.80 Å². The first-order valence-electron chi connectivity index (χ1n) is 3.96. The Labute approximate surface area is 63.8 Å². The Morgan fingerprint density at radius 3 is 2.10 bits per heavy atom. The maximum Gasteiger partial charge on any atom is 0.0254 e. The SMILES string of the molecule is C[C@H]1CN(C)C[C@@H]1N(C)C. The number of hydrogen-bond acceptors (Lipinski definition) is 2. The highest BCUT2D eigenvalue weighted by atomic mass is 15.2. The predicted octanol–water partition coefficient (Wildman–Crippen LogP) is 0.498. The minimum absolute atomic E-state index is 0.769. The fraction of sp³-hybridized carbons (Fsp3) is 1.00. The van der Waals surface area contributed by atoms with E-state index in [9.17, 15) is 0 Å². The van der Waals surface area contributed by atoms with E-state index in [1.54, 1.807) is 0 Å². The van der Waals surface area contributed by atoms with Gasteiger partial charge in [0.25, 0.3) is 0 Å². The molecule has 60 valence electrons. The van der Waals surface area contributed by atoms with Crippen LogP contribution in [0, 0.1) is 5.92 Å². The predicted molar refractivity (Wildman–Crippen MR) is 44.1 cm³/mol. The zero-order valence-corrected chi connectivity index (χ0v) is 7.46. The molecule has 1 saturated heterocycles. The minimum Gasteiger partial charge on any atom is -0.305 e. The Morgan fingerprint density at radius 2 is 1.90 bits per heavy atom. The van der Waals surface area contributed by atoms with Crippen LogP contribution in [0.15, 0.2) is 0 Å². The molecule has 2 heteroatoms. The second kappa shape index (κ2) is 2.89. The molecule has 0 aliphatic carbocycles. The Balaban J connectivity index is 2.46. The number of rotatable bonds is 1. The van der Waals surface area contributed by atoms with Crippen LogP contribution < -0.4 is 0 Å². The van der Waals surface area contributed by atoms with Gasteiger partial charge in [-0.15, -0.1) is 0 Å². The summed E-state index contributed by atoms with van der Waals surface area (Å²) >= 11 is 0. The second-order valence-electron chi connectivity index (χ2n) is 3.73. The zero-order valence-electron chi connectivity index (χ0n) is 7.46. The summed E-state index contributed by atoms with van der Waals surface area (Å²) in [6, 6.07) is 0.769. The van der Waals surface area contributed by atoms with Gasteiger partial charge in [0, 0.05) is 19.1 Å². The average molecular weight is 142 g/mol. The standard InChI is InChI=1S/C8H18N2/c1-7-5-10(4)6-8(7)9(2)3/h7-8H,5-6H2,1-4H3/t7-,8-/m0/s1. The van der Waals surface area contributed by atoms with E-state index in [1.807, 2.05) is 0 Å². The highest BCUT2D eigenvalue weighted by Gasteiger charge is 2.28. The van der Waals surface area contributed by atoms with Gasteiger partial charge in [-0.25, -0.2) is 0 Å². The molecular weight excluding hydrogens is 124 g/mol. The molecule has 0 spiro atoms. The molecule has 1 heterocycles. The van der Waals surface area contributed by atoms with Crippen molar-refractivity contribution in [3.05, 3.63) is 0 Å². The third kappa shape index (κ3) is 1.50. The van der Waals surface area contributed by atoms with Crippen molar-refractivity contribution in [2.24, 2.45) is 5.92 Å². The molecule has 0 aromatic carbocycles. The highest BCUT2D eigenvalue weighted by Crippen LogP contribution is 2.17. The van der Waals surface area contributed by atoms with E-state index in [0.29, 0.717) is 0 Å². The Hall–Kier alpha value is -0.0800. The summed E-state index contributed by atoms with van der Waals surface area (Å²) in [7, 11) is 6.53. The van der Waals surface area contributed by atoms with E-state index in [1.165, 1.54) is 13.1 Å². The van der Waals surface area contributed by atoms with Gasteiger partial charge in [-0.1, -0.05) is 6.92 Å². The highest BCUT2D eigenvalue weighted by molar-refractivity contribution is 4.84. The zero-order chi connectivity index (χ0) is 7.72. The van der Waals surface area contributed by atoms with Crippen molar-refractivity contribution in [2.45, 2.75) is 13.0 Å². The number of nitrogens with zero attached hydrogens (tertiary/aromatic N) is 2. The van der Waals surface area contributed by atoms with E-state index in [-0.39, 0.29) is 0 Å². The Bertz CT molecular complexity index is 112. The molecule has 1 fully saturated rings. The van der Waals surface area contributed by atoms with Crippen LogP contribution in [0.1, 0.15) is 6.92 Å². The van der Waals surface area contributed by atoms with Gasteiger partial charge in [-0.05, 0) is 27.1 Å². The monoisotopic (exact) mass is 142 g/mol. The maximum absolute atomic E-state index is 2.40. The molecule has 0 bridgehead atoms. The lowest BCUT2D eigenvalue weighted by atomic mass is 10.1. The van der Waals surface area contributed by atoms with Crippen molar-refractivity contribution < 1.29 is 0 Å². The quantitative estimate of drug-likeness (QED) is 0.526. The van der Waals surface area contributed by atoms with Crippen LogP contribution in [-0.4, -0.2) is 50.1 Å². The molecule has 0 aromatic heterocycles. The van der Waals surface area contributed by atoms with Crippen LogP contribution >= 0.6 is 0 Å². The lowest BCUT2D eigenvalue weighted by Gasteiger charge is -2.22. The van der Waals surface area contributed by atoms with Crippen molar-refractivity contribution in [3.8, 4) is 0 Å². The number of hydrogen-bond donors (Lipinski definition) is 0. The third-order valence-electron chi connectivity index (χ3n) is 2.42. The molecule has 10 heavy (non-hydrogen) atoms. The van der Waals surface area contributed by atoms with Crippen LogP contribution in [0.2, 0.25) is 0 Å². The molecule has 1 aliphatic heterocycles. The lowest BCUT2D eigenvalue weighted by Crippen LogP contribution is -2.33. The van der Waals surface area contributed by atoms with Gasteiger partial charge in [-0.2, -0.15) is 0 Å². The van der Waals surface area contributed by atoms with Gasteiger partial charge in [0.2, 0.25) is 0 Å². The van der Waals surface area contributed by atoms with Gasteiger partial charge in [0.05, 0.1) is 0 Å². The average Bonchev–Trinajstić information content (AvgIpc) is 2.10. The van der Waals surface area contributed by atoms with Crippen molar-refractivity contribution in [1.29, 1.82) is 0 Å². The summed E-state index contributed by atoms with van der Waals surface area (Å²) in [6.45, 7) is 4.81. The molecular formula is C8H18N2. The topological polar surface area (TPSA) is 6.48 Å². The Kier molecular flexibility index (Phi) is 2.32. The van der Waals surface area contributed by atoms with E-state index in [4.69, 9.17) is 0 Å². The first kappa shape index (κ1) is 8.02. The van der Waals surface area contributed by atoms with Crippen LogP contribution in [-0.2, 0) is 0 Å². The van der Waals surface area contributed by atoms with Crippen LogP contribution in [0.4, 0.5) is 0 Å². The van der Waals surface area contributed by atoms with E-state index in [2.05, 4.69) is 37.9 Å². The second-order valence-corrected chi connectivity index (χ2v) is 3.73. The smallest absolute Gasteiger partial charge is 0.0254 e. The summed E-state index contributed by atoms with van der Waals surface area (Å²) in [5, 5.41) is 0. The normalized spacial score (nSPS) is 35.7. The largest absolute Gasteiger partial charge is 0.305 e. The molecule has 0 N–H and O–H groups in total. The summed E-state index contributed by atoms with van der Waals surface area (Å²) < 4.78 is 0. The van der Waals surface area contributed by atoms with E-state index >= 15 is 0 Å². The van der Waals surface area contributed by atoms with Crippen LogP contribution in [0.5, 0.6) is 0 Å². The fourth-order valence-electron chi connectivity index (χ4n) is 1.86. The minimum atomic E-state index is 0.769. The first-order chi connectivity index (χ1) is 4.61. The fourth-order valence-corrected chi connectivity index (χ4v) is 1.86. The molecule has 1 aliphatic rings. The van der Waals surface area contributed by atoms with Crippen LogP contribution in [0.25, 0.3) is 0 Å². The summed E-state index contributed by atoms with van der Waals surface area (Å²) in [4.78, 5) is 4.73. The number of likely N-dealkylation sites (tertiary alicyclic amines) is 1. The number of likely N-dealkylation sites (N-methyl/N-ethyl adjacent to an activating group) is 2. The van der Waals surface area contributed by atoms with Crippen molar-refractivity contribution in [1.82, 2.24) is 9.80 Å². The molecule has 0 saturated carbocycles. The molecule has 0 amide bonds. The van der Waals surface area contributed by atoms with Crippen molar-refractivity contribution in [2.75, 3.05) is 34.2 Å². The van der Waals surface area contributed by atoms with Gasteiger partial charge >= 0.3 is 0 Å². The first-order valence-corrected chi connectivity index (χ1v) is 3.96. The van der Waals surface area contributed by atoms with E-state index < -0.39 is 0 Å². The molecule has 0 unspecified atom stereocenters. The third-order valence-corrected chi connectivity index (χ3v) is 2.42. The van der Waals surface area contributed by atoms with E-state index in [0.717, 1.165) is 12.0 Å². The van der Waals surface area contributed by atoms with Gasteiger partial charge in [0.1, 0.15) is 0 Å². The lowest BCUT2D eigenvalue weighted by molar-refractivity contribution is 0.259. The van der Waals surface area contributed by atoms with Gasteiger partial charge in [-0.3, -0.25) is 0 Å².